The molecule has 0 saturated heterocycles. The van der Waals surface area contributed by atoms with Crippen LogP contribution in [0.3, 0.4) is 0 Å². The van der Waals surface area contributed by atoms with Crippen LogP contribution in [0, 0.1) is 0 Å². The van der Waals surface area contributed by atoms with Crippen molar-refractivity contribution in [1.29, 1.82) is 0 Å². The molecule has 2 N–H and O–H groups in total. The topological polar surface area (TPSA) is 30.9 Å². The lowest BCUT2D eigenvalue weighted by molar-refractivity contribution is 0.569. The second-order valence-corrected chi connectivity index (χ2v) is 3.88. The highest BCUT2D eigenvalue weighted by atomic mass is 14.9. The molecule has 1 aromatic heterocycles. The summed E-state index contributed by atoms with van der Waals surface area (Å²) >= 11 is 0. The number of rotatable bonds is 7. The van der Waals surface area contributed by atoms with E-state index >= 15 is 0 Å². The molecule has 0 aliphatic carbocycles. The van der Waals surface area contributed by atoms with Crippen molar-refractivity contribution in [3.63, 3.8) is 0 Å². The summed E-state index contributed by atoms with van der Waals surface area (Å²) in [7, 11) is 0. The van der Waals surface area contributed by atoms with E-state index in [1.807, 2.05) is 0 Å². The monoisotopic (exact) mass is 194 g/mol. The molecular formula is C12H22N2. The zero-order chi connectivity index (χ0) is 10.2. The van der Waals surface area contributed by atoms with Crippen LogP contribution in [0.1, 0.15) is 44.6 Å². The number of hydrogen-bond acceptors (Lipinski definition) is 1. The first-order valence-electron chi connectivity index (χ1n) is 5.71. The van der Waals surface area contributed by atoms with E-state index in [-0.39, 0.29) is 0 Å². The maximum atomic E-state index is 5.54. The minimum Gasteiger partial charge on any atom is -0.354 e. The number of unbranched alkanes of at least 4 members (excludes halogenated alkanes) is 4. The summed E-state index contributed by atoms with van der Waals surface area (Å²) < 4.78 is 2.24. The summed E-state index contributed by atoms with van der Waals surface area (Å²) in [6.07, 6.45) is 11.0. The third kappa shape index (κ3) is 3.97. The van der Waals surface area contributed by atoms with Gasteiger partial charge in [0.2, 0.25) is 0 Å². The molecule has 2 heteroatoms. The molecule has 0 aliphatic heterocycles. The number of nitrogens with two attached hydrogens (primary N) is 1. The van der Waals surface area contributed by atoms with Crippen molar-refractivity contribution in [1.82, 2.24) is 4.57 Å². The van der Waals surface area contributed by atoms with Crippen LogP contribution in [-0.2, 0) is 13.1 Å². The summed E-state index contributed by atoms with van der Waals surface area (Å²) in [6, 6.07) is 2.10. The maximum absolute atomic E-state index is 5.54. The summed E-state index contributed by atoms with van der Waals surface area (Å²) in [6.45, 7) is 4.05. The van der Waals surface area contributed by atoms with Gasteiger partial charge in [0.05, 0.1) is 0 Å². The van der Waals surface area contributed by atoms with Gasteiger partial charge >= 0.3 is 0 Å². The molecule has 0 fully saturated rings. The molecule has 0 spiro atoms. The SMILES string of the molecule is CCCCCCCn1ccc(CN)c1. The number of aryl methyl sites for hydroxylation is 1. The summed E-state index contributed by atoms with van der Waals surface area (Å²) in [4.78, 5) is 0. The minimum atomic E-state index is 0.656. The molecule has 0 unspecified atom stereocenters. The predicted octanol–water partition coefficient (Wildman–Crippen LogP) is 2.92. The Kier molecular flexibility index (Phi) is 5.38. The van der Waals surface area contributed by atoms with Gasteiger partial charge in [-0.15, -0.1) is 0 Å². The Bertz CT molecular complexity index is 240. The van der Waals surface area contributed by atoms with Gasteiger partial charge in [-0.1, -0.05) is 32.6 Å². The van der Waals surface area contributed by atoms with Crippen molar-refractivity contribution in [3.05, 3.63) is 24.0 Å². The smallest absolute Gasteiger partial charge is 0.0219 e. The highest BCUT2D eigenvalue weighted by Crippen LogP contribution is 2.06. The lowest BCUT2D eigenvalue weighted by Crippen LogP contribution is -1.96. The molecule has 0 bridgehead atoms. The van der Waals surface area contributed by atoms with E-state index in [1.165, 1.54) is 37.7 Å². The largest absolute Gasteiger partial charge is 0.354 e. The van der Waals surface area contributed by atoms with E-state index in [0.717, 1.165) is 6.54 Å². The standard InChI is InChI=1S/C12H22N2/c1-2-3-4-5-6-8-14-9-7-12(10-13)11-14/h7,9,11H,2-6,8,10,13H2,1H3. The lowest BCUT2D eigenvalue weighted by atomic mass is 10.1. The molecule has 0 radical (unpaired) electrons. The van der Waals surface area contributed by atoms with Crippen LogP contribution in [-0.4, -0.2) is 4.57 Å². The van der Waals surface area contributed by atoms with Crippen molar-refractivity contribution < 1.29 is 0 Å². The Balaban J connectivity index is 2.12. The fourth-order valence-corrected chi connectivity index (χ4v) is 1.65. The van der Waals surface area contributed by atoms with Gasteiger partial charge < -0.3 is 10.3 Å². The Morgan fingerprint density at radius 1 is 1.21 bits per heavy atom. The second-order valence-electron chi connectivity index (χ2n) is 3.88. The van der Waals surface area contributed by atoms with Crippen LogP contribution in [0.15, 0.2) is 18.5 Å². The van der Waals surface area contributed by atoms with Crippen LogP contribution >= 0.6 is 0 Å². The average molecular weight is 194 g/mol. The Morgan fingerprint density at radius 2 is 2.00 bits per heavy atom. The van der Waals surface area contributed by atoms with Crippen molar-refractivity contribution in [3.8, 4) is 0 Å². The van der Waals surface area contributed by atoms with Crippen LogP contribution in [0.25, 0.3) is 0 Å². The van der Waals surface area contributed by atoms with E-state index in [1.54, 1.807) is 0 Å². The zero-order valence-corrected chi connectivity index (χ0v) is 9.21. The van der Waals surface area contributed by atoms with Gasteiger partial charge in [-0.05, 0) is 18.1 Å². The molecular weight excluding hydrogens is 172 g/mol. The van der Waals surface area contributed by atoms with Crippen LogP contribution in [0.4, 0.5) is 0 Å². The zero-order valence-electron chi connectivity index (χ0n) is 9.21. The summed E-state index contributed by atoms with van der Waals surface area (Å²) in [5, 5.41) is 0. The average Bonchev–Trinajstić information content (AvgIpc) is 2.65. The highest BCUT2D eigenvalue weighted by Gasteiger charge is 1.94. The first kappa shape index (κ1) is 11.3. The molecule has 14 heavy (non-hydrogen) atoms. The molecule has 1 rings (SSSR count). The van der Waals surface area contributed by atoms with Gasteiger partial charge in [-0.3, -0.25) is 0 Å². The molecule has 0 atom stereocenters. The van der Waals surface area contributed by atoms with Crippen LogP contribution < -0.4 is 5.73 Å². The Labute approximate surface area is 87.1 Å². The van der Waals surface area contributed by atoms with Crippen LogP contribution in [0.2, 0.25) is 0 Å². The number of aromatic nitrogens is 1. The first-order valence-corrected chi connectivity index (χ1v) is 5.71. The summed E-state index contributed by atoms with van der Waals surface area (Å²) in [5.41, 5.74) is 6.78. The van der Waals surface area contributed by atoms with E-state index in [9.17, 15) is 0 Å². The fourth-order valence-electron chi connectivity index (χ4n) is 1.65. The molecule has 0 aromatic carbocycles. The van der Waals surface area contributed by atoms with E-state index in [0.29, 0.717) is 6.54 Å². The van der Waals surface area contributed by atoms with E-state index < -0.39 is 0 Å². The van der Waals surface area contributed by atoms with Gasteiger partial charge in [-0.2, -0.15) is 0 Å². The van der Waals surface area contributed by atoms with Crippen molar-refractivity contribution in [2.24, 2.45) is 5.73 Å². The summed E-state index contributed by atoms with van der Waals surface area (Å²) in [5.74, 6) is 0. The molecule has 1 heterocycles. The normalized spacial score (nSPS) is 10.7. The maximum Gasteiger partial charge on any atom is 0.0219 e. The van der Waals surface area contributed by atoms with Crippen LogP contribution in [0.5, 0.6) is 0 Å². The van der Waals surface area contributed by atoms with Crippen molar-refractivity contribution in [2.45, 2.75) is 52.1 Å². The quantitative estimate of drug-likeness (QED) is 0.665. The molecule has 0 aliphatic rings. The Morgan fingerprint density at radius 3 is 2.64 bits per heavy atom. The molecule has 0 saturated carbocycles. The minimum absolute atomic E-state index is 0.656. The number of nitrogens with zero attached hydrogens (tertiary/aromatic N) is 1. The van der Waals surface area contributed by atoms with Gasteiger partial charge in [0.25, 0.3) is 0 Å². The van der Waals surface area contributed by atoms with E-state index in [2.05, 4.69) is 30.0 Å². The highest BCUT2D eigenvalue weighted by molar-refractivity contribution is 5.09. The third-order valence-corrected chi connectivity index (χ3v) is 2.57. The lowest BCUT2D eigenvalue weighted by Gasteiger charge is -2.02. The Hall–Kier alpha value is -0.760. The molecule has 0 amide bonds. The second kappa shape index (κ2) is 6.66. The van der Waals surface area contributed by atoms with Crippen molar-refractivity contribution in [2.75, 3.05) is 0 Å². The van der Waals surface area contributed by atoms with Gasteiger partial charge in [0, 0.05) is 25.5 Å². The molecule has 2 nitrogen and oxygen atoms in total. The first-order chi connectivity index (χ1) is 6.86. The van der Waals surface area contributed by atoms with Gasteiger partial charge in [0.15, 0.2) is 0 Å². The molecule has 1 aromatic rings. The fraction of sp³-hybridized carbons (Fsp3) is 0.667. The third-order valence-electron chi connectivity index (χ3n) is 2.57. The van der Waals surface area contributed by atoms with Gasteiger partial charge in [0.1, 0.15) is 0 Å². The molecule has 80 valence electrons. The number of hydrogen-bond donors (Lipinski definition) is 1. The van der Waals surface area contributed by atoms with E-state index in [4.69, 9.17) is 5.73 Å². The van der Waals surface area contributed by atoms with Crippen molar-refractivity contribution >= 4 is 0 Å². The van der Waals surface area contributed by atoms with Gasteiger partial charge in [-0.25, -0.2) is 0 Å². The predicted molar refractivity (Wildman–Crippen MR) is 61.1 cm³/mol.